The third kappa shape index (κ3) is 6.95. The van der Waals surface area contributed by atoms with Crippen LogP contribution in [0.5, 0.6) is 0 Å². The molecule has 154 valence electrons. The van der Waals surface area contributed by atoms with E-state index in [1.165, 1.54) is 11.8 Å². The Bertz CT molecular complexity index is 798. The number of hydrogen-bond acceptors (Lipinski definition) is 6. The molecule has 5 nitrogen and oxygen atoms in total. The Kier molecular flexibility index (Phi) is 7.78. The van der Waals surface area contributed by atoms with Gasteiger partial charge in [0.05, 0.1) is 6.61 Å². The van der Waals surface area contributed by atoms with Crippen molar-refractivity contribution in [3.05, 3.63) is 40.9 Å². The molecule has 0 bridgehead atoms. The molecule has 1 aromatic heterocycles. The van der Waals surface area contributed by atoms with E-state index >= 15 is 0 Å². The molecule has 8 heteroatoms. The quantitative estimate of drug-likeness (QED) is 0.307. The summed E-state index contributed by atoms with van der Waals surface area (Å²) in [5, 5.41) is 4.94. The van der Waals surface area contributed by atoms with E-state index in [-0.39, 0.29) is 11.1 Å². The molecule has 0 aliphatic carbocycles. The third-order valence-electron chi connectivity index (χ3n) is 4.88. The van der Waals surface area contributed by atoms with Gasteiger partial charge in [-0.2, -0.15) is 0 Å². The summed E-state index contributed by atoms with van der Waals surface area (Å²) in [6.07, 6.45) is 0. The molecule has 2 rings (SSSR count). The number of hydrogen-bond donors (Lipinski definition) is 2. The fraction of sp³-hybridized carbons (Fsp3) is 0.500. The highest BCUT2D eigenvalue weighted by atomic mass is 35.5. The van der Waals surface area contributed by atoms with Crippen molar-refractivity contribution >= 4 is 43.3 Å². The number of nitrogens with zero attached hydrogens (tertiary/aromatic N) is 2. The second-order valence-electron chi connectivity index (χ2n) is 8.50. The first-order chi connectivity index (χ1) is 13.0. The Balaban J connectivity index is 1.96. The largest absolute Gasteiger partial charge is 0.415 e. The van der Waals surface area contributed by atoms with Crippen LogP contribution in [0, 0.1) is 0 Å². The highest BCUT2D eigenvalue weighted by Gasteiger charge is 2.37. The molecule has 0 amide bonds. The second-order valence-corrected chi connectivity index (χ2v) is 14.7. The Morgan fingerprint density at radius 2 is 1.96 bits per heavy atom. The number of anilines is 2. The number of thioether (sulfide) groups is 1. The van der Waals surface area contributed by atoms with Gasteiger partial charge in [-0.05, 0) is 42.8 Å². The normalized spacial score (nSPS) is 13.4. The first-order valence-electron chi connectivity index (χ1n) is 9.38. The molecule has 0 radical (unpaired) electrons. The molecule has 0 aliphatic heterocycles. The molecule has 0 aliphatic rings. The van der Waals surface area contributed by atoms with Gasteiger partial charge in [0.1, 0.15) is 11.6 Å². The molecule has 3 N–H and O–H groups in total. The second kappa shape index (κ2) is 9.48. The van der Waals surface area contributed by atoms with Crippen molar-refractivity contribution in [3.8, 4) is 0 Å². The average molecular weight is 439 g/mol. The number of aromatic nitrogens is 2. The molecule has 1 aromatic carbocycles. The summed E-state index contributed by atoms with van der Waals surface area (Å²) >= 11 is 7.58. The highest BCUT2D eigenvalue weighted by molar-refractivity contribution is 7.98. The molecule has 28 heavy (non-hydrogen) atoms. The van der Waals surface area contributed by atoms with E-state index in [1.807, 2.05) is 24.3 Å². The summed E-state index contributed by atoms with van der Waals surface area (Å²) < 4.78 is 6.29. The maximum Gasteiger partial charge on any atom is 0.192 e. The van der Waals surface area contributed by atoms with Crippen molar-refractivity contribution in [2.45, 2.75) is 62.8 Å². The van der Waals surface area contributed by atoms with Gasteiger partial charge in [0, 0.05) is 22.9 Å². The van der Waals surface area contributed by atoms with Gasteiger partial charge in [0.2, 0.25) is 0 Å². The maximum atomic E-state index is 6.29. The van der Waals surface area contributed by atoms with Crippen molar-refractivity contribution < 1.29 is 4.43 Å². The number of halogens is 1. The van der Waals surface area contributed by atoms with Gasteiger partial charge in [-0.3, -0.25) is 0 Å². The molecular weight excluding hydrogens is 408 g/mol. The molecular formula is C20H31ClN4OSSi. The summed E-state index contributed by atoms with van der Waals surface area (Å²) in [5.41, 5.74) is 7.10. The Hall–Kier alpha value is -1.28. The minimum atomic E-state index is -1.77. The van der Waals surface area contributed by atoms with Crippen LogP contribution in [-0.4, -0.2) is 30.9 Å². The summed E-state index contributed by atoms with van der Waals surface area (Å²) in [7, 11) is -1.77. The fourth-order valence-electron chi connectivity index (χ4n) is 2.20. The van der Waals surface area contributed by atoms with Gasteiger partial charge >= 0.3 is 0 Å². The first-order valence-corrected chi connectivity index (χ1v) is 13.7. The van der Waals surface area contributed by atoms with Gasteiger partial charge in [0.15, 0.2) is 13.5 Å². The Morgan fingerprint density at radius 1 is 1.25 bits per heavy atom. The van der Waals surface area contributed by atoms with Crippen molar-refractivity contribution in [2.75, 3.05) is 17.7 Å². The predicted octanol–water partition coefficient (Wildman–Crippen LogP) is 5.83. The first kappa shape index (κ1) is 23.0. The maximum absolute atomic E-state index is 6.29. The van der Waals surface area contributed by atoms with E-state index in [0.717, 1.165) is 16.3 Å². The van der Waals surface area contributed by atoms with E-state index in [9.17, 15) is 0 Å². The summed E-state index contributed by atoms with van der Waals surface area (Å²) in [6, 6.07) is 9.66. The summed E-state index contributed by atoms with van der Waals surface area (Å²) in [5.74, 6) is 1.89. The van der Waals surface area contributed by atoms with Gasteiger partial charge in [-0.25, -0.2) is 9.97 Å². The third-order valence-corrected chi connectivity index (χ3v) is 10.5. The summed E-state index contributed by atoms with van der Waals surface area (Å²) in [4.78, 5) is 8.92. The number of benzene rings is 1. The number of nitrogen functional groups attached to an aromatic ring is 1. The molecule has 0 unspecified atom stereocenters. The molecule has 0 saturated carbocycles. The van der Waals surface area contributed by atoms with Gasteiger partial charge in [-0.15, -0.1) is 0 Å². The zero-order valence-corrected chi connectivity index (χ0v) is 20.1. The van der Waals surface area contributed by atoms with Crippen LogP contribution in [0.4, 0.5) is 11.6 Å². The van der Waals surface area contributed by atoms with Crippen LogP contribution in [-0.2, 0) is 10.2 Å². The van der Waals surface area contributed by atoms with Crippen LogP contribution in [0.1, 0.15) is 33.3 Å². The minimum absolute atomic E-state index is 0.120. The van der Waals surface area contributed by atoms with Crippen molar-refractivity contribution in [2.24, 2.45) is 0 Å². The lowest BCUT2D eigenvalue weighted by Crippen LogP contribution is -2.43. The van der Waals surface area contributed by atoms with Crippen LogP contribution in [0.15, 0.2) is 35.5 Å². The zero-order valence-electron chi connectivity index (χ0n) is 17.5. The van der Waals surface area contributed by atoms with Crippen LogP contribution in [0.25, 0.3) is 0 Å². The predicted molar refractivity (Wildman–Crippen MR) is 124 cm³/mol. The number of rotatable bonds is 8. The minimum Gasteiger partial charge on any atom is -0.415 e. The van der Waals surface area contributed by atoms with Gasteiger partial charge in [-0.1, -0.05) is 56.3 Å². The number of nitrogens with one attached hydrogen (secondary N) is 1. The van der Waals surface area contributed by atoms with E-state index < -0.39 is 8.32 Å². The molecule has 2 aromatic rings. The molecule has 1 heterocycles. The SMILES string of the molecule is C[C@H](CO[Si](C)(C)C(C)(C)C)Nc1cc(N)nc(SCc2cccc(Cl)c2)n1. The topological polar surface area (TPSA) is 73.1 Å². The van der Waals surface area contributed by atoms with Crippen LogP contribution in [0.2, 0.25) is 23.2 Å². The lowest BCUT2D eigenvalue weighted by molar-refractivity contribution is 0.276. The lowest BCUT2D eigenvalue weighted by atomic mass is 10.2. The molecule has 0 saturated heterocycles. The van der Waals surface area contributed by atoms with Crippen LogP contribution in [0.3, 0.4) is 0 Å². The van der Waals surface area contributed by atoms with E-state index in [1.54, 1.807) is 6.07 Å². The van der Waals surface area contributed by atoms with E-state index in [0.29, 0.717) is 23.4 Å². The standard InChI is InChI=1S/C20H31ClN4OSSi/c1-14(12-26-28(5,6)20(2,3)4)23-18-11-17(22)24-19(25-18)27-13-15-8-7-9-16(21)10-15/h7-11,14H,12-13H2,1-6H3,(H3,22,23,24,25)/t14-/m1/s1. The fourth-order valence-corrected chi connectivity index (χ4v) is 4.32. The Labute approximate surface area is 179 Å². The Morgan fingerprint density at radius 3 is 2.61 bits per heavy atom. The molecule has 0 fully saturated rings. The van der Waals surface area contributed by atoms with Crippen LogP contribution < -0.4 is 11.1 Å². The lowest BCUT2D eigenvalue weighted by Gasteiger charge is -2.37. The van der Waals surface area contributed by atoms with E-state index in [4.69, 9.17) is 21.8 Å². The molecule has 1 atom stereocenters. The van der Waals surface area contributed by atoms with Crippen molar-refractivity contribution in [1.29, 1.82) is 0 Å². The monoisotopic (exact) mass is 438 g/mol. The average Bonchev–Trinajstić information content (AvgIpc) is 2.57. The zero-order chi connectivity index (χ0) is 20.9. The van der Waals surface area contributed by atoms with Gasteiger partial charge < -0.3 is 15.5 Å². The smallest absolute Gasteiger partial charge is 0.192 e. The highest BCUT2D eigenvalue weighted by Crippen LogP contribution is 2.36. The van der Waals surface area contributed by atoms with Crippen molar-refractivity contribution in [3.63, 3.8) is 0 Å². The van der Waals surface area contributed by atoms with Crippen molar-refractivity contribution in [1.82, 2.24) is 9.97 Å². The number of nitrogens with two attached hydrogens (primary N) is 1. The van der Waals surface area contributed by atoms with Gasteiger partial charge in [0.25, 0.3) is 0 Å². The van der Waals surface area contributed by atoms with Crippen LogP contribution >= 0.6 is 23.4 Å². The molecule has 0 spiro atoms. The summed E-state index contributed by atoms with van der Waals surface area (Å²) in [6.45, 7) is 14.0. The van der Waals surface area contributed by atoms with E-state index in [2.05, 4.69) is 56.1 Å².